The van der Waals surface area contributed by atoms with E-state index in [2.05, 4.69) is 65.0 Å². The molecule has 0 bridgehead atoms. The van der Waals surface area contributed by atoms with Crippen LogP contribution in [-0.4, -0.2) is 30.0 Å². The number of allylic oxidation sites excluding steroid dienone is 9. The third-order valence-electron chi connectivity index (χ3n) is 11.2. The highest BCUT2D eigenvalue weighted by Gasteiger charge is 2.52. The standard InChI is InChI=1S/C40H51NO3/c1-6-28-22-37(40(5,42)32-10-8-7-9-11-32)35-23-36(35)39(28)26(3)20-30-18-25(2)19-34(27(30)4)29-12-13-38(31(21-29)24-41)44-33-14-16-43-17-15-33/h12-13,19-22,25,32-33,35-36,42H,6-11,14-18,23H2,1-5H3/b26-20+. The van der Waals surface area contributed by atoms with Gasteiger partial charge in [0.2, 0.25) is 0 Å². The van der Waals surface area contributed by atoms with Crippen molar-refractivity contribution in [1.29, 1.82) is 5.26 Å². The van der Waals surface area contributed by atoms with Crippen molar-refractivity contribution in [3.8, 4) is 11.8 Å². The van der Waals surface area contributed by atoms with Crippen molar-refractivity contribution in [2.24, 2.45) is 23.7 Å². The molecule has 5 aliphatic rings. The minimum absolute atomic E-state index is 0.106. The molecule has 4 heteroatoms. The minimum Gasteiger partial charge on any atom is -0.489 e. The van der Waals surface area contributed by atoms with Crippen LogP contribution >= 0.6 is 0 Å². The van der Waals surface area contributed by atoms with Gasteiger partial charge < -0.3 is 14.6 Å². The van der Waals surface area contributed by atoms with Crippen LogP contribution in [0, 0.1) is 35.0 Å². The van der Waals surface area contributed by atoms with Crippen LogP contribution in [0.4, 0.5) is 0 Å². The zero-order valence-electron chi connectivity index (χ0n) is 27.5. The SMILES string of the molecule is CCC1=C(/C(C)=C/C2=C(C)C(c3ccc(OC4CCOCC4)c(C#N)c3)=CC(C)C2)C2CC2C(C(C)(O)C2CCCCC2)=C1. The first-order valence-corrected chi connectivity index (χ1v) is 17.3. The van der Waals surface area contributed by atoms with Gasteiger partial charge in [0.25, 0.3) is 0 Å². The molecule has 1 saturated heterocycles. The van der Waals surface area contributed by atoms with Crippen LogP contribution in [0.2, 0.25) is 0 Å². The molecular weight excluding hydrogens is 542 g/mol. The molecule has 3 fully saturated rings. The molecule has 4 nitrogen and oxygen atoms in total. The van der Waals surface area contributed by atoms with Crippen LogP contribution in [0.25, 0.3) is 5.57 Å². The molecule has 4 aliphatic carbocycles. The van der Waals surface area contributed by atoms with Gasteiger partial charge >= 0.3 is 0 Å². The van der Waals surface area contributed by atoms with E-state index < -0.39 is 5.60 Å². The van der Waals surface area contributed by atoms with Crippen LogP contribution in [0.1, 0.15) is 110 Å². The van der Waals surface area contributed by atoms with Gasteiger partial charge in [-0.05, 0) is 133 Å². The Kier molecular flexibility index (Phi) is 9.10. The molecule has 0 aromatic heterocycles. The van der Waals surface area contributed by atoms with Gasteiger partial charge in [0.1, 0.15) is 17.9 Å². The molecule has 1 aliphatic heterocycles. The van der Waals surface area contributed by atoms with E-state index in [1.807, 2.05) is 12.1 Å². The monoisotopic (exact) mass is 593 g/mol. The van der Waals surface area contributed by atoms with Crippen molar-refractivity contribution < 1.29 is 14.6 Å². The summed E-state index contributed by atoms with van der Waals surface area (Å²) in [6, 6.07) is 8.50. The first-order chi connectivity index (χ1) is 21.2. The van der Waals surface area contributed by atoms with Crippen molar-refractivity contribution in [2.75, 3.05) is 13.2 Å². The van der Waals surface area contributed by atoms with Crippen molar-refractivity contribution in [1.82, 2.24) is 0 Å². The second kappa shape index (κ2) is 12.9. The van der Waals surface area contributed by atoms with Gasteiger partial charge in [-0.1, -0.05) is 57.4 Å². The molecule has 2 saturated carbocycles. The maximum absolute atomic E-state index is 11.8. The number of benzene rings is 1. The molecular formula is C40H51NO3. The fraction of sp³-hybridized carbons (Fsp3) is 0.575. The Morgan fingerprint density at radius 2 is 1.89 bits per heavy atom. The van der Waals surface area contributed by atoms with E-state index in [1.165, 1.54) is 58.3 Å². The number of ether oxygens (including phenoxy) is 2. The van der Waals surface area contributed by atoms with E-state index in [0.29, 0.717) is 48.2 Å². The largest absolute Gasteiger partial charge is 0.489 e. The molecule has 1 aromatic carbocycles. The van der Waals surface area contributed by atoms with E-state index in [0.717, 1.165) is 50.5 Å². The highest BCUT2D eigenvalue weighted by molar-refractivity contribution is 5.82. The molecule has 0 spiro atoms. The summed E-state index contributed by atoms with van der Waals surface area (Å²) >= 11 is 0. The normalized spacial score (nSPS) is 28.1. The summed E-state index contributed by atoms with van der Waals surface area (Å²) in [5.41, 5.74) is 10.5. The van der Waals surface area contributed by atoms with Crippen LogP contribution in [-0.2, 0) is 4.74 Å². The summed E-state index contributed by atoms with van der Waals surface area (Å²) in [6.45, 7) is 12.6. The van der Waals surface area contributed by atoms with E-state index in [9.17, 15) is 10.4 Å². The van der Waals surface area contributed by atoms with Gasteiger partial charge in [-0.25, -0.2) is 0 Å². The average molecular weight is 594 g/mol. The van der Waals surface area contributed by atoms with E-state index in [4.69, 9.17) is 9.47 Å². The molecule has 4 atom stereocenters. The predicted molar refractivity (Wildman–Crippen MR) is 178 cm³/mol. The van der Waals surface area contributed by atoms with E-state index >= 15 is 0 Å². The predicted octanol–water partition coefficient (Wildman–Crippen LogP) is 9.42. The molecule has 1 heterocycles. The molecule has 1 N–H and O–H groups in total. The van der Waals surface area contributed by atoms with Gasteiger partial charge in [0.15, 0.2) is 0 Å². The third-order valence-corrected chi connectivity index (χ3v) is 11.2. The lowest BCUT2D eigenvalue weighted by Gasteiger charge is -2.39. The second-order valence-corrected chi connectivity index (χ2v) is 14.3. The Morgan fingerprint density at radius 3 is 2.59 bits per heavy atom. The van der Waals surface area contributed by atoms with Crippen molar-refractivity contribution in [3.63, 3.8) is 0 Å². The van der Waals surface area contributed by atoms with Gasteiger partial charge in [0, 0.05) is 12.8 Å². The number of nitriles is 1. The van der Waals surface area contributed by atoms with Gasteiger partial charge in [0.05, 0.1) is 24.4 Å². The summed E-state index contributed by atoms with van der Waals surface area (Å²) in [4.78, 5) is 0. The van der Waals surface area contributed by atoms with Crippen LogP contribution in [0.5, 0.6) is 5.75 Å². The lowest BCUT2D eigenvalue weighted by Crippen LogP contribution is -2.39. The summed E-state index contributed by atoms with van der Waals surface area (Å²) in [5, 5.41) is 21.8. The molecule has 4 unspecified atom stereocenters. The van der Waals surface area contributed by atoms with E-state index in [-0.39, 0.29) is 6.10 Å². The van der Waals surface area contributed by atoms with Gasteiger partial charge in [-0.2, -0.15) is 5.26 Å². The van der Waals surface area contributed by atoms with Crippen LogP contribution < -0.4 is 4.74 Å². The smallest absolute Gasteiger partial charge is 0.137 e. The lowest BCUT2D eigenvalue weighted by molar-refractivity contribution is 0.0119. The topological polar surface area (TPSA) is 62.5 Å². The molecule has 0 radical (unpaired) electrons. The summed E-state index contributed by atoms with van der Waals surface area (Å²) in [5.74, 6) is 2.51. The Morgan fingerprint density at radius 1 is 1.14 bits per heavy atom. The van der Waals surface area contributed by atoms with Gasteiger partial charge in [-0.3, -0.25) is 0 Å². The quantitative estimate of drug-likeness (QED) is 0.326. The summed E-state index contributed by atoms with van der Waals surface area (Å²) < 4.78 is 11.7. The first kappa shape index (κ1) is 31.1. The number of hydrogen-bond donors (Lipinski definition) is 1. The fourth-order valence-electron chi connectivity index (χ4n) is 8.55. The number of hydrogen-bond acceptors (Lipinski definition) is 4. The Balaban J connectivity index is 1.28. The van der Waals surface area contributed by atoms with Crippen molar-refractivity contribution in [2.45, 2.75) is 111 Å². The highest BCUT2D eigenvalue weighted by Crippen LogP contribution is 2.59. The van der Waals surface area contributed by atoms with Crippen molar-refractivity contribution in [3.05, 3.63) is 81.0 Å². The molecule has 44 heavy (non-hydrogen) atoms. The van der Waals surface area contributed by atoms with Crippen LogP contribution in [0.15, 0.2) is 69.9 Å². The zero-order chi connectivity index (χ0) is 31.0. The maximum Gasteiger partial charge on any atom is 0.137 e. The lowest BCUT2D eigenvalue weighted by atomic mass is 9.70. The molecule has 234 valence electrons. The minimum atomic E-state index is -0.686. The summed E-state index contributed by atoms with van der Waals surface area (Å²) in [7, 11) is 0. The Bertz CT molecular complexity index is 1470. The maximum atomic E-state index is 11.8. The second-order valence-electron chi connectivity index (χ2n) is 14.3. The average Bonchev–Trinajstić information content (AvgIpc) is 3.83. The fourth-order valence-corrected chi connectivity index (χ4v) is 8.55. The third kappa shape index (κ3) is 6.16. The Labute approximate surface area is 265 Å². The molecule has 6 rings (SSSR count). The van der Waals surface area contributed by atoms with Gasteiger partial charge in [-0.15, -0.1) is 0 Å². The number of fused-ring (bicyclic) bond motifs is 1. The Hall–Kier alpha value is -2.87. The number of rotatable bonds is 8. The number of aliphatic hydroxyl groups is 1. The number of nitrogens with zero attached hydrogens (tertiary/aromatic N) is 1. The first-order valence-electron chi connectivity index (χ1n) is 17.3. The summed E-state index contributed by atoms with van der Waals surface area (Å²) in [6.07, 6.45) is 18.3. The van der Waals surface area contributed by atoms with Crippen LogP contribution in [0.3, 0.4) is 0 Å². The molecule has 0 amide bonds. The molecule has 1 aromatic rings. The van der Waals surface area contributed by atoms with Crippen molar-refractivity contribution >= 4 is 5.57 Å². The van der Waals surface area contributed by atoms with E-state index in [1.54, 1.807) is 0 Å². The zero-order valence-corrected chi connectivity index (χ0v) is 27.5. The highest BCUT2D eigenvalue weighted by atomic mass is 16.5.